The van der Waals surface area contributed by atoms with Crippen LogP contribution in [-0.4, -0.2) is 21.6 Å². The van der Waals surface area contributed by atoms with Gasteiger partial charge in [0.25, 0.3) is 11.5 Å². The molecule has 1 aliphatic carbocycles. The van der Waals surface area contributed by atoms with E-state index in [1.165, 1.54) is 4.57 Å². The van der Waals surface area contributed by atoms with Gasteiger partial charge in [-0.1, -0.05) is 61.2 Å². The lowest BCUT2D eigenvalue weighted by atomic mass is 9.95. The average Bonchev–Trinajstić information content (AvgIpc) is 2.73. The van der Waals surface area contributed by atoms with E-state index >= 15 is 0 Å². The summed E-state index contributed by atoms with van der Waals surface area (Å²) in [4.78, 5) is 26.3. The Morgan fingerprint density at radius 3 is 2.55 bits per heavy atom. The second-order valence-corrected chi connectivity index (χ2v) is 8.01. The minimum Gasteiger partial charge on any atom is -0.506 e. The molecule has 6 heteroatoms. The summed E-state index contributed by atoms with van der Waals surface area (Å²) >= 11 is 6.13. The van der Waals surface area contributed by atoms with E-state index < -0.39 is 11.5 Å². The van der Waals surface area contributed by atoms with Crippen molar-refractivity contribution in [2.75, 3.05) is 0 Å². The molecule has 0 aliphatic heterocycles. The van der Waals surface area contributed by atoms with Crippen LogP contribution in [0.25, 0.3) is 10.9 Å². The van der Waals surface area contributed by atoms with E-state index in [1.807, 2.05) is 30.3 Å². The van der Waals surface area contributed by atoms with E-state index in [1.54, 1.807) is 18.2 Å². The molecule has 0 saturated heterocycles. The Bertz CT molecular complexity index is 1100. The number of amides is 1. The Labute approximate surface area is 173 Å². The zero-order valence-electron chi connectivity index (χ0n) is 16.0. The molecule has 1 fully saturated rings. The molecule has 4 rings (SSSR count). The molecule has 0 radical (unpaired) electrons. The van der Waals surface area contributed by atoms with Crippen molar-refractivity contribution in [3.8, 4) is 5.75 Å². The normalized spacial score (nSPS) is 14.8. The van der Waals surface area contributed by atoms with Gasteiger partial charge in [0.05, 0.1) is 12.1 Å². The lowest BCUT2D eigenvalue weighted by molar-refractivity contribution is 0.0923. The van der Waals surface area contributed by atoms with Crippen molar-refractivity contribution >= 4 is 28.4 Å². The van der Waals surface area contributed by atoms with E-state index in [0.717, 1.165) is 37.7 Å². The second-order valence-electron chi connectivity index (χ2n) is 7.57. The van der Waals surface area contributed by atoms with Crippen LogP contribution in [0.2, 0.25) is 5.02 Å². The summed E-state index contributed by atoms with van der Waals surface area (Å²) < 4.78 is 1.52. The summed E-state index contributed by atoms with van der Waals surface area (Å²) in [6, 6.07) is 14.5. The number of aromatic hydroxyl groups is 1. The van der Waals surface area contributed by atoms with Gasteiger partial charge in [-0.05, 0) is 36.6 Å². The van der Waals surface area contributed by atoms with Gasteiger partial charge in [0.15, 0.2) is 0 Å². The number of carbonyl (C=O) groups is 1. The Hall–Kier alpha value is -2.79. The molecule has 0 spiro atoms. The van der Waals surface area contributed by atoms with Crippen LogP contribution < -0.4 is 10.9 Å². The predicted molar refractivity (Wildman–Crippen MR) is 115 cm³/mol. The van der Waals surface area contributed by atoms with Gasteiger partial charge in [-0.3, -0.25) is 9.59 Å². The lowest BCUT2D eigenvalue weighted by Crippen LogP contribution is -2.40. The molecule has 0 bridgehead atoms. The first-order valence-corrected chi connectivity index (χ1v) is 10.3. The molecule has 1 amide bonds. The molecule has 1 aromatic heterocycles. The quantitative estimate of drug-likeness (QED) is 0.666. The van der Waals surface area contributed by atoms with Gasteiger partial charge < -0.3 is 15.0 Å². The molecule has 0 unspecified atom stereocenters. The van der Waals surface area contributed by atoms with Crippen molar-refractivity contribution in [2.45, 2.75) is 44.7 Å². The number of nitrogens with zero attached hydrogens (tertiary/aromatic N) is 1. The van der Waals surface area contributed by atoms with Crippen LogP contribution in [0.15, 0.2) is 53.3 Å². The monoisotopic (exact) mass is 410 g/mol. The number of hydrogen-bond acceptors (Lipinski definition) is 3. The third-order valence-electron chi connectivity index (χ3n) is 5.55. The largest absolute Gasteiger partial charge is 0.506 e. The number of pyridine rings is 1. The van der Waals surface area contributed by atoms with Crippen molar-refractivity contribution < 1.29 is 9.90 Å². The fourth-order valence-electron chi connectivity index (χ4n) is 4.05. The Balaban J connectivity index is 1.83. The van der Waals surface area contributed by atoms with Gasteiger partial charge in [-0.15, -0.1) is 0 Å². The third kappa shape index (κ3) is 4.01. The van der Waals surface area contributed by atoms with Gasteiger partial charge in [-0.2, -0.15) is 0 Å². The molecule has 2 aromatic carbocycles. The highest BCUT2D eigenvalue weighted by Crippen LogP contribution is 2.30. The molecule has 1 heterocycles. The Morgan fingerprint density at radius 1 is 1.10 bits per heavy atom. The maximum atomic E-state index is 13.3. The van der Waals surface area contributed by atoms with Crippen molar-refractivity contribution in [1.29, 1.82) is 0 Å². The molecule has 1 aliphatic rings. The van der Waals surface area contributed by atoms with Crippen LogP contribution in [0.5, 0.6) is 5.75 Å². The van der Waals surface area contributed by atoms with Crippen molar-refractivity contribution in [2.24, 2.45) is 0 Å². The van der Waals surface area contributed by atoms with Crippen LogP contribution in [0.4, 0.5) is 0 Å². The average molecular weight is 411 g/mol. The van der Waals surface area contributed by atoms with E-state index in [2.05, 4.69) is 5.32 Å². The molecule has 29 heavy (non-hydrogen) atoms. The van der Waals surface area contributed by atoms with Gasteiger partial charge in [0.1, 0.15) is 11.3 Å². The van der Waals surface area contributed by atoms with Crippen molar-refractivity contribution in [3.63, 3.8) is 0 Å². The summed E-state index contributed by atoms with van der Waals surface area (Å²) in [6.45, 7) is 0.293. The maximum Gasteiger partial charge on any atom is 0.268 e. The number of aromatic nitrogens is 1. The number of halogens is 1. The van der Waals surface area contributed by atoms with Crippen LogP contribution in [0.3, 0.4) is 0 Å². The van der Waals surface area contributed by atoms with Gasteiger partial charge in [-0.25, -0.2) is 0 Å². The summed E-state index contributed by atoms with van der Waals surface area (Å²) in [5.41, 5.74) is 0.737. The zero-order chi connectivity index (χ0) is 20.4. The number of nitrogens with one attached hydrogen (secondary N) is 1. The predicted octanol–water partition coefficient (Wildman–Crippen LogP) is 4.47. The van der Waals surface area contributed by atoms with Gasteiger partial charge >= 0.3 is 0 Å². The van der Waals surface area contributed by atoms with Gasteiger partial charge in [0, 0.05) is 16.5 Å². The molecule has 1 saturated carbocycles. The Kier molecular flexibility index (Phi) is 5.58. The van der Waals surface area contributed by atoms with Crippen molar-refractivity contribution in [3.05, 3.63) is 75.0 Å². The number of hydrogen-bond donors (Lipinski definition) is 2. The minimum absolute atomic E-state index is 0.0349. The molecule has 2 N–H and O–H groups in total. The smallest absolute Gasteiger partial charge is 0.268 e. The summed E-state index contributed by atoms with van der Waals surface area (Å²) in [5.74, 6) is -0.840. The Morgan fingerprint density at radius 2 is 1.83 bits per heavy atom. The lowest BCUT2D eigenvalue weighted by Gasteiger charge is -2.23. The molecule has 3 aromatic rings. The highest BCUT2D eigenvalue weighted by atomic mass is 35.5. The molecular formula is C23H23ClN2O3. The number of rotatable bonds is 4. The summed E-state index contributed by atoms with van der Waals surface area (Å²) in [6.07, 6.45) is 5.06. The molecule has 5 nitrogen and oxygen atoms in total. The highest BCUT2D eigenvalue weighted by molar-refractivity contribution is 6.31. The van der Waals surface area contributed by atoms with E-state index in [0.29, 0.717) is 22.5 Å². The van der Waals surface area contributed by atoms with Crippen LogP contribution >= 0.6 is 11.6 Å². The number of fused-ring (bicyclic) bond motifs is 1. The van der Waals surface area contributed by atoms with Crippen LogP contribution in [-0.2, 0) is 6.54 Å². The summed E-state index contributed by atoms with van der Waals surface area (Å²) in [5, 5.41) is 14.6. The number of carbonyl (C=O) groups excluding carboxylic acids is 1. The topological polar surface area (TPSA) is 71.3 Å². The fourth-order valence-corrected chi connectivity index (χ4v) is 4.22. The number of benzene rings is 2. The minimum atomic E-state index is -0.525. The summed E-state index contributed by atoms with van der Waals surface area (Å²) in [7, 11) is 0. The molecular weight excluding hydrogens is 388 g/mol. The molecule has 0 atom stereocenters. The molecule has 150 valence electrons. The third-order valence-corrected chi connectivity index (χ3v) is 5.79. The fraction of sp³-hybridized carbons (Fsp3) is 0.304. The highest BCUT2D eigenvalue weighted by Gasteiger charge is 2.25. The first kappa shape index (κ1) is 19.5. The van der Waals surface area contributed by atoms with E-state index in [-0.39, 0.29) is 17.4 Å². The van der Waals surface area contributed by atoms with E-state index in [9.17, 15) is 14.7 Å². The SMILES string of the molecule is O=C(NC1CCCCC1)c1c(O)c2cc(Cl)ccc2n(Cc2ccccc2)c1=O. The van der Waals surface area contributed by atoms with Gasteiger partial charge in [0.2, 0.25) is 0 Å². The van der Waals surface area contributed by atoms with Crippen molar-refractivity contribution in [1.82, 2.24) is 9.88 Å². The van der Waals surface area contributed by atoms with Crippen LogP contribution in [0, 0.1) is 0 Å². The first-order chi connectivity index (χ1) is 14.0. The first-order valence-electron chi connectivity index (χ1n) is 9.94. The second kappa shape index (κ2) is 8.29. The van der Waals surface area contributed by atoms with E-state index in [4.69, 9.17) is 11.6 Å². The van der Waals surface area contributed by atoms with Crippen LogP contribution in [0.1, 0.15) is 48.0 Å². The maximum absolute atomic E-state index is 13.3. The zero-order valence-corrected chi connectivity index (χ0v) is 16.8. The standard InChI is InChI=1S/C23H23ClN2O3/c24-16-11-12-19-18(13-16)21(27)20(22(28)25-17-9-5-2-6-10-17)23(29)26(19)14-15-7-3-1-4-8-15/h1,3-4,7-8,11-13,17,27H,2,5-6,9-10,14H2,(H,25,28).